The Morgan fingerprint density at radius 1 is 0.939 bits per heavy atom. The molecule has 7 nitrogen and oxygen atoms in total. The standard InChI is InChI=1S/C23H17F3N4O3/c24-23(25,26)16-8-4-9-17(12-16)28-19(31)14-29-18-10-5-11-27-20(18)21(32)30(22(29)33)13-15-6-2-1-3-7-15/h1-12H,13-14H2,(H,28,31). The van der Waals surface area contributed by atoms with Crippen LogP contribution in [0.4, 0.5) is 18.9 Å². The zero-order valence-corrected chi connectivity index (χ0v) is 17.0. The van der Waals surface area contributed by atoms with Crippen LogP contribution in [0.1, 0.15) is 11.1 Å². The number of benzene rings is 2. The number of amides is 1. The van der Waals surface area contributed by atoms with E-state index in [1.165, 1.54) is 30.5 Å². The topological polar surface area (TPSA) is 86.0 Å². The maximum Gasteiger partial charge on any atom is 0.416 e. The summed E-state index contributed by atoms with van der Waals surface area (Å²) in [5, 5.41) is 2.37. The third-order valence-electron chi connectivity index (χ3n) is 4.95. The van der Waals surface area contributed by atoms with Crippen molar-refractivity contribution in [3.63, 3.8) is 0 Å². The first-order chi connectivity index (χ1) is 15.7. The molecule has 0 aliphatic heterocycles. The van der Waals surface area contributed by atoms with Gasteiger partial charge in [-0.25, -0.2) is 9.78 Å². The molecule has 0 saturated heterocycles. The van der Waals surface area contributed by atoms with E-state index < -0.39 is 35.4 Å². The molecule has 0 fully saturated rings. The van der Waals surface area contributed by atoms with Gasteiger partial charge in [0.15, 0.2) is 5.52 Å². The van der Waals surface area contributed by atoms with E-state index in [9.17, 15) is 27.6 Å². The van der Waals surface area contributed by atoms with Crippen LogP contribution in [0.2, 0.25) is 0 Å². The number of aromatic nitrogens is 3. The molecule has 2 heterocycles. The van der Waals surface area contributed by atoms with E-state index in [2.05, 4.69) is 10.3 Å². The van der Waals surface area contributed by atoms with Gasteiger partial charge in [0.25, 0.3) is 5.56 Å². The predicted octanol–water partition coefficient (Wildman–Crippen LogP) is 3.26. The third kappa shape index (κ3) is 4.69. The minimum Gasteiger partial charge on any atom is -0.325 e. The van der Waals surface area contributed by atoms with Crippen molar-refractivity contribution in [3.05, 3.63) is 105 Å². The zero-order chi connectivity index (χ0) is 23.6. The van der Waals surface area contributed by atoms with Gasteiger partial charge in [-0.2, -0.15) is 13.2 Å². The Labute approximate surface area is 184 Å². The number of carbonyl (C=O) groups excluding carboxylic acids is 1. The first kappa shape index (κ1) is 22.0. The molecule has 1 N–H and O–H groups in total. The second kappa shape index (κ2) is 8.73. The number of anilines is 1. The van der Waals surface area contributed by atoms with Gasteiger partial charge in [0.05, 0.1) is 17.6 Å². The molecule has 33 heavy (non-hydrogen) atoms. The fourth-order valence-corrected chi connectivity index (χ4v) is 3.42. The van der Waals surface area contributed by atoms with Crippen molar-refractivity contribution in [2.45, 2.75) is 19.3 Å². The normalized spacial score (nSPS) is 11.5. The van der Waals surface area contributed by atoms with Crippen LogP contribution in [0.5, 0.6) is 0 Å². The third-order valence-corrected chi connectivity index (χ3v) is 4.95. The van der Waals surface area contributed by atoms with Gasteiger partial charge in [-0.3, -0.25) is 18.7 Å². The lowest BCUT2D eigenvalue weighted by atomic mass is 10.2. The molecule has 0 bridgehead atoms. The van der Waals surface area contributed by atoms with Crippen molar-refractivity contribution in [1.82, 2.24) is 14.1 Å². The summed E-state index contributed by atoms with van der Waals surface area (Å²) in [6, 6.07) is 16.0. The Morgan fingerprint density at radius 2 is 1.70 bits per heavy atom. The minimum absolute atomic E-state index is 0.0000927. The molecule has 4 aromatic rings. The van der Waals surface area contributed by atoms with Gasteiger partial charge >= 0.3 is 11.9 Å². The highest BCUT2D eigenvalue weighted by Gasteiger charge is 2.30. The molecular formula is C23H17F3N4O3. The number of rotatable bonds is 5. The van der Waals surface area contributed by atoms with Gasteiger partial charge in [0.1, 0.15) is 6.54 Å². The Bertz CT molecular complexity index is 1440. The quantitative estimate of drug-likeness (QED) is 0.502. The molecule has 1 amide bonds. The van der Waals surface area contributed by atoms with Gasteiger partial charge in [-0.1, -0.05) is 36.4 Å². The van der Waals surface area contributed by atoms with Gasteiger partial charge in [0.2, 0.25) is 5.91 Å². The number of pyridine rings is 1. The monoisotopic (exact) mass is 454 g/mol. The highest BCUT2D eigenvalue weighted by Crippen LogP contribution is 2.30. The number of halogens is 3. The fraction of sp³-hybridized carbons (Fsp3) is 0.130. The molecule has 0 unspecified atom stereocenters. The maximum absolute atomic E-state index is 13.2. The number of nitrogens with one attached hydrogen (secondary N) is 1. The lowest BCUT2D eigenvalue weighted by Gasteiger charge is -2.14. The van der Waals surface area contributed by atoms with E-state index in [-0.39, 0.29) is 23.3 Å². The van der Waals surface area contributed by atoms with E-state index in [0.29, 0.717) is 5.56 Å². The van der Waals surface area contributed by atoms with E-state index >= 15 is 0 Å². The molecular weight excluding hydrogens is 437 g/mol. The molecule has 168 valence electrons. The van der Waals surface area contributed by atoms with Crippen LogP contribution in [0.15, 0.2) is 82.5 Å². The molecule has 10 heteroatoms. The van der Waals surface area contributed by atoms with E-state index in [4.69, 9.17) is 0 Å². The number of fused-ring (bicyclic) bond motifs is 1. The zero-order valence-electron chi connectivity index (χ0n) is 17.0. The van der Waals surface area contributed by atoms with Crippen molar-refractivity contribution in [1.29, 1.82) is 0 Å². The Balaban J connectivity index is 1.71. The lowest BCUT2D eigenvalue weighted by Crippen LogP contribution is -2.42. The predicted molar refractivity (Wildman–Crippen MR) is 116 cm³/mol. The summed E-state index contributed by atoms with van der Waals surface area (Å²) in [4.78, 5) is 42.7. The van der Waals surface area contributed by atoms with E-state index in [0.717, 1.165) is 21.3 Å². The molecule has 0 spiro atoms. The Hall–Kier alpha value is -4.21. The molecule has 0 radical (unpaired) electrons. The molecule has 0 aliphatic carbocycles. The second-order valence-corrected chi connectivity index (χ2v) is 7.24. The van der Waals surface area contributed by atoms with Gasteiger partial charge in [0, 0.05) is 11.9 Å². The van der Waals surface area contributed by atoms with Crippen molar-refractivity contribution in [3.8, 4) is 0 Å². The summed E-state index contributed by atoms with van der Waals surface area (Å²) in [5.74, 6) is -0.730. The number of nitrogens with zero attached hydrogens (tertiary/aromatic N) is 3. The minimum atomic E-state index is -4.56. The highest BCUT2D eigenvalue weighted by molar-refractivity contribution is 5.91. The van der Waals surface area contributed by atoms with Gasteiger partial charge in [-0.15, -0.1) is 0 Å². The summed E-state index contributed by atoms with van der Waals surface area (Å²) < 4.78 is 40.9. The van der Waals surface area contributed by atoms with E-state index in [1.807, 2.05) is 0 Å². The highest BCUT2D eigenvalue weighted by atomic mass is 19.4. The van der Waals surface area contributed by atoms with Crippen LogP contribution in [0, 0.1) is 0 Å². The smallest absolute Gasteiger partial charge is 0.325 e. The van der Waals surface area contributed by atoms with E-state index in [1.54, 1.807) is 30.3 Å². The van der Waals surface area contributed by atoms with Crippen LogP contribution in [0.25, 0.3) is 11.0 Å². The summed E-state index contributed by atoms with van der Waals surface area (Å²) in [6.45, 7) is -0.549. The van der Waals surface area contributed by atoms with Crippen molar-refractivity contribution >= 4 is 22.6 Å². The largest absolute Gasteiger partial charge is 0.416 e. The molecule has 0 saturated carbocycles. The first-order valence-corrected chi connectivity index (χ1v) is 9.83. The molecule has 4 rings (SSSR count). The number of alkyl halides is 3. The van der Waals surface area contributed by atoms with Gasteiger partial charge in [-0.05, 0) is 35.9 Å². The Kier molecular flexibility index (Phi) is 5.82. The van der Waals surface area contributed by atoms with Gasteiger partial charge < -0.3 is 5.32 Å². The molecule has 2 aromatic carbocycles. The van der Waals surface area contributed by atoms with Crippen LogP contribution < -0.4 is 16.6 Å². The number of hydrogen-bond donors (Lipinski definition) is 1. The van der Waals surface area contributed by atoms with Crippen molar-refractivity contribution in [2.24, 2.45) is 0 Å². The summed E-state index contributed by atoms with van der Waals surface area (Å²) in [7, 11) is 0. The van der Waals surface area contributed by atoms with Crippen molar-refractivity contribution in [2.75, 3.05) is 5.32 Å². The molecule has 0 aliphatic rings. The average Bonchev–Trinajstić information content (AvgIpc) is 2.80. The Morgan fingerprint density at radius 3 is 2.42 bits per heavy atom. The van der Waals surface area contributed by atoms with Crippen LogP contribution in [-0.2, 0) is 24.1 Å². The molecule has 2 aromatic heterocycles. The first-order valence-electron chi connectivity index (χ1n) is 9.83. The maximum atomic E-state index is 13.2. The van der Waals surface area contributed by atoms with Crippen LogP contribution in [0.3, 0.4) is 0 Å². The summed E-state index contributed by atoms with van der Waals surface area (Å²) in [5.41, 5.74) is -1.47. The lowest BCUT2D eigenvalue weighted by molar-refractivity contribution is -0.137. The van der Waals surface area contributed by atoms with Crippen LogP contribution in [-0.4, -0.2) is 20.0 Å². The summed E-state index contributed by atoms with van der Waals surface area (Å²) in [6.07, 6.45) is -3.17. The number of carbonyl (C=O) groups is 1. The molecule has 0 atom stereocenters. The fourth-order valence-electron chi connectivity index (χ4n) is 3.42. The van der Waals surface area contributed by atoms with Crippen molar-refractivity contribution < 1.29 is 18.0 Å². The SMILES string of the molecule is O=C(Cn1c(=O)n(Cc2ccccc2)c(=O)c2ncccc21)Nc1cccc(C(F)(F)F)c1. The summed E-state index contributed by atoms with van der Waals surface area (Å²) >= 11 is 0. The average molecular weight is 454 g/mol. The second-order valence-electron chi connectivity index (χ2n) is 7.24. The number of hydrogen-bond acceptors (Lipinski definition) is 4. The van der Waals surface area contributed by atoms with Crippen LogP contribution >= 0.6 is 0 Å².